The van der Waals surface area contributed by atoms with Gasteiger partial charge in [-0.1, -0.05) is 0 Å². The number of ketones is 2. The molecular weight excluding hydrogens is 328 g/mol. The number of ether oxygens (including phenoxy) is 1. The van der Waals surface area contributed by atoms with E-state index in [0.29, 0.717) is 19.3 Å². The molecule has 5 N–H and O–H groups in total. The van der Waals surface area contributed by atoms with Gasteiger partial charge in [0.2, 0.25) is 0 Å². The summed E-state index contributed by atoms with van der Waals surface area (Å²) in [5, 5.41) is 19.3. The summed E-state index contributed by atoms with van der Waals surface area (Å²) >= 11 is 0. The highest BCUT2D eigenvalue weighted by Crippen LogP contribution is 2.07. The van der Waals surface area contributed by atoms with Crippen molar-refractivity contribution >= 4 is 17.7 Å². The van der Waals surface area contributed by atoms with Gasteiger partial charge in [-0.3, -0.25) is 9.59 Å². The van der Waals surface area contributed by atoms with Gasteiger partial charge in [-0.2, -0.15) is 0 Å². The van der Waals surface area contributed by atoms with Crippen LogP contribution in [0.5, 0.6) is 0 Å². The molecule has 0 aliphatic carbocycles. The first kappa shape index (κ1) is 25.7. The van der Waals surface area contributed by atoms with Crippen molar-refractivity contribution in [3.8, 4) is 0 Å². The molecule has 0 aliphatic heterocycles. The fourth-order valence-electron chi connectivity index (χ4n) is 1.52. The molecule has 8 heteroatoms. The van der Waals surface area contributed by atoms with Crippen LogP contribution in [0.2, 0.25) is 0 Å². The highest BCUT2D eigenvalue weighted by molar-refractivity contribution is 5.87. The Bertz CT molecular complexity index is 404. The average Bonchev–Trinajstić information content (AvgIpc) is 2.48. The minimum absolute atomic E-state index is 0.0176. The third-order valence-corrected chi connectivity index (χ3v) is 2.89. The first-order valence-corrected chi connectivity index (χ1v) is 8.46. The molecule has 0 rings (SSSR count). The molecule has 0 spiro atoms. The Balaban J connectivity index is 0. The normalized spacial score (nSPS) is 13.1. The van der Waals surface area contributed by atoms with Gasteiger partial charge in [-0.25, -0.2) is 4.79 Å². The second kappa shape index (κ2) is 13.7. The number of hydrogen-bond acceptors (Lipinski definition) is 7. The summed E-state index contributed by atoms with van der Waals surface area (Å²) in [5.74, 6) is -0.0936. The highest BCUT2D eigenvalue weighted by Gasteiger charge is 2.20. The van der Waals surface area contributed by atoms with Gasteiger partial charge in [-0.15, -0.1) is 0 Å². The maximum atomic E-state index is 11.4. The molecule has 0 aromatic carbocycles. The van der Waals surface area contributed by atoms with E-state index in [1.54, 1.807) is 34.6 Å². The van der Waals surface area contributed by atoms with Gasteiger partial charge in [0.1, 0.15) is 11.4 Å². The molecule has 0 aromatic rings. The minimum atomic E-state index is -0.600. The topological polar surface area (TPSA) is 139 Å². The van der Waals surface area contributed by atoms with E-state index in [1.165, 1.54) is 0 Å². The second-order valence-electron chi connectivity index (χ2n) is 6.74. The lowest BCUT2D eigenvalue weighted by Crippen LogP contribution is -2.41. The molecule has 0 radical (unpaired) electrons. The van der Waals surface area contributed by atoms with E-state index >= 15 is 0 Å². The van der Waals surface area contributed by atoms with E-state index in [4.69, 9.17) is 20.7 Å². The molecule has 8 nitrogen and oxygen atoms in total. The van der Waals surface area contributed by atoms with Crippen LogP contribution in [0.25, 0.3) is 0 Å². The fourth-order valence-corrected chi connectivity index (χ4v) is 1.52. The SMILES string of the molecule is C[C@@H](N)C(=O)CCCO.C[C@@H](NC(=O)OC(C)(C)C)C(=O)CCCO. The highest BCUT2D eigenvalue weighted by atomic mass is 16.6. The van der Waals surface area contributed by atoms with Gasteiger partial charge < -0.3 is 26.0 Å². The van der Waals surface area contributed by atoms with Crippen LogP contribution in [0.4, 0.5) is 4.79 Å². The molecule has 0 saturated heterocycles. The monoisotopic (exact) mass is 362 g/mol. The smallest absolute Gasteiger partial charge is 0.408 e. The number of alkyl carbamates (subject to hydrolysis) is 1. The van der Waals surface area contributed by atoms with Gasteiger partial charge in [0.25, 0.3) is 0 Å². The summed E-state index contributed by atoms with van der Waals surface area (Å²) < 4.78 is 5.01. The number of aliphatic hydroxyl groups excluding tert-OH is 2. The van der Waals surface area contributed by atoms with Crippen molar-refractivity contribution in [3.05, 3.63) is 0 Å². The minimum Gasteiger partial charge on any atom is -0.444 e. The van der Waals surface area contributed by atoms with E-state index in [2.05, 4.69) is 5.32 Å². The van der Waals surface area contributed by atoms with Crippen LogP contribution in [0.15, 0.2) is 0 Å². The summed E-state index contributed by atoms with van der Waals surface area (Å²) in [7, 11) is 0. The van der Waals surface area contributed by atoms with Crippen molar-refractivity contribution in [1.82, 2.24) is 5.32 Å². The molecule has 148 valence electrons. The van der Waals surface area contributed by atoms with Crippen LogP contribution < -0.4 is 11.1 Å². The Kier molecular flexibility index (Phi) is 14.1. The number of amides is 1. The van der Waals surface area contributed by atoms with E-state index < -0.39 is 17.7 Å². The predicted molar refractivity (Wildman–Crippen MR) is 95.1 cm³/mol. The second-order valence-corrected chi connectivity index (χ2v) is 6.74. The van der Waals surface area contributed by atoms with Gasteiger partial charge >= 0.3 is 6.09 Å². The predicted octanol–water partition coefficient (Wildman–Crippen LogP) is 0.916. The van der Waals surface area contributed by atoms with E-state index in [1.807, 2.05) is 0 Å². The lowest BCUT2D eigenvalue weighted by molar-refractivity contribution is -0.121. The van der Waals surface area contributed by atoms with Crippen LogP contribution in [0.3, 0.4) is 0 Å². The standard InChI is InChI=1S/C11H21NO4.C6H13NO2/c1-8(9(14)6-5-7-13)12-10(15)16-11(2,3)4;1-5(7)6(9)3-2-4-8/h8,13H,5-7H2,1-4H3,(H,12,15);5,8H,2-4,7H2,1H3/t8-;5-/m11/s1. The van der Waals surface area contributed by atoms with Gasteiger partial charge in [-0.05, 0) is 47.5 Å². The Morgan fingerprint density at radius 3 is 1.80 bits per heavy atom. The zero-order chi connectivity index (χ0) is 20.0. The van der Waals surface area contributed by atoms with Crippen LogP contribution in [0, 0.1) is 0 Å². The van der Waals surface area contributed by atoms with Crippen molar-refractivity contribution in [2.45, 2.75) is 78.0 Å². The first-order valence-electron chi connectivity index (χ1n) is 8.46. The maximum Gasteiger partial charge on any atom is 0.408 e. The number of rotatable bonds is 9. The summed E-state index contributed by atoms with van der Waals surface area (Å²) in [6.07, 6.45) is 0.999. The Hall–Kier alpha value is -1.51. The number of Topliss-reactive ketones (excluding diaryl/α,β-unsaturated/α-hetero) is 2. The lowest BCUT2D eigenvalue weighted by Gasteiger charge is -2.21. The molecule has 0 unspecified atom stereocenters. The van der Waals surface area contributed by atoms with Crippen molar-refractivity contribution in [1.29, 1.82) is 0 Å². The number of nitrogens with one attached hydrogen (secondary N) is 1. The first-order chi connectivity index (χ1) is 11.4. The quantitative estimate of drug-likeness (QED) is 0.478. The van der Waals surface area contributed by atoms with Crippen LogP contribution >= 0.6 is 0 Å². The molecule has 0 aliphatic rings. The van der Waals surface area contributed by atoms with E-state index in [9.17, 15) is 14.4 Å². The van der Waals surface area contributed by atoms with E-state index in [-0.39, 0.29) is 37.2 Å². The average molecular weight is 362 g/mol. The number of carbonyl (C=O) groups is 3. The fraction of sp³-hybridized carbons (Fsp3) is 0.824. The number of nitrogens with two attached hydrogens (primary N) is 1. The maximum absolute atomic E-state index is 11.4. The number of carbonyl (C=O) groups excluding carboxylic acids is 3. The van der Waals surface area contributed by atoms with Crippen molar-refractivity contribution < 1.29 is 29.3 Å². The number of hydrogen-bond donors (Lipinski definition) is 4. The van der Waals surface area contributed by atoms with Crippen molar-refractivity contribution in [2.75, 3.05) is 13.2 Å². The molecule has 25 heavy (non-hydrogen) atoms. The Labute approximate surface area is 150 Å². The third kappa shape index (κ3) is 17.1. The molecular formula is C17H34N2O6. The van der Waals surface area contributed by atoms with Crippen molar-refractivity contribution in [3.63, 3.8) is 0 Å². The zero-order valence-corrected chi connectivity index (χ0v) is 16.0. The van der Waals surface area contributed by atoms with Crippen LogP contribution in [-0.4, -0.2) is 58.8 Å². The van der Waals surface area contributed by atoms with Crippen LogP contribution in [-0.2, 0) is 14.3 Å². The summed E-state index contributed by atoms with van der Waals surface area (Å²) in [4.78, 5) is 33.4. The molecule has 1 amide bonds. The van der Waals surface area contributed by atoms with E-state index in [0.717, 1.165) is 0 Å². The van der Waals surface area contributed by atoms with Gasteiger partial charge in [0.15, 0.2) is 5.78 Å². The Morgan fingerprint density at radius 2 is 1.44 bits per heavy atom. The van der Waals surface area contributed by atoms with Gasteiger partial charge in [0.05, 0.1) is 12.1 Å². The number of aliphatic hydroxyl groups is 2. The summed E-state index contributed by atoms with van der Waals surface area (Å²) in [5.41, 5.74) is 4.67. The van der Waals surface area contributed by atoms with Crippen LogP contribution in [0.1, 0.15) is 60.3 Å². The summed E-state index contributed by atoms with van der Waals surface area (Å²) in [6.45, 7) is 8.56. The molecule has 2 atom stereocenters. The lowest BCUT2D eigenvalue weighted by atomic mass is 10.1. The molecule has 0 bridgehead atoms. The molecule has 0 heterocycles. The third-order valence-electron chi connectivity index (χ3n) is 2.89. The summed E-state index contributed by atoms with van der Waals surface area (Å²) in [6, 6.07) is -0.960. The zero-order valence-electron chi connectivity index (χ0n) is 16.0. The molecule has 0 fully saturated rings. The molecule has 0 aromatic heterocycles. The van der Waals surface area contributed by atoms with Gasteiger partial charge in [0, 0.05) is 26.1 Å². The Morgan fingerprint density at radius 1 is 1.00 bits per heavy atom. The van der Waals surface area contributed by atoms with Crippen molar-refractivity contribution in [2.24, 2.45) is 5.73 Å². The molecule has 0 saturated carbocycles. The largest absolute Gasteiger partial charge is 0.444 e.